The lowest BCUT2D eigenvalue weighted by molar-refractivity contribution is -0.137. The van der Waals surface area contributed by atoms with Crippen molar-refractivity contribution in [1.82, 2.24) is 0 Å². The molecule has 0 atom stereocenters. The van der Waals surface area contributed by atoms with Crippen LogP contribution < -0.4 is 0 Å². The Balaban J connectivity index is 1.81. The summed E-state index contributed by atoms with van der Waals surface area (Å²) in [7, 11) is -6.78. The van der Waals surface area contributed by atoms with Gasteiger partial charge in [0, 0.05) is 32.0 Å². The van der Waals surface area contributed by atoms with Crippen LogP contribution in [0.25, 0.3) is 30.6 Å². The molecule has 0 aliphatic heterocycles. The minimum absolute atomic E-state index is 0.154. The van der Waals surface area contributed by atoms with Crippen LogP contribution in [0.2, 0.25) is 0 Å². The van der Waals surface area contributed by atoms with Crippen LogP contribution in [-0.4, -0.2) is 51.5 Å². The van der Waals surface area contributed by atoms with E-state index in [1.807, 2.05) is 0 Å². The molecule has 0 saturated heterocycles. The smallest absolute Gasteiger partial charge is 0.307 e. The summed E-state index contributed by atoms with van der Waals surface area (Å²) in [4.78, 5) is 26.3. The van der Waals surface area contributed by atoms with Crippen LogP contribution in [0.15, 0.2) is 70.5 Å². The lowest BCUT2D eigenvalue weighted by Gasteiger charge is -2.04. The predicted molar refractivity (Wildman–Crippen MR) is 147 cm³/mol. The van der Waals surface area contributed by atoms with E-state index in [4.69, 9.17) is 0 Å². The van der Waals surface area contributed by atoms with Crippen LogP contribution in [0.3, 0.4) is 0 Å². The van der Waals surface area contributed by atoms with Crippen molar-refractivity contribution in [2.24, 2.45) is 0 Å². The minimum atomic E-state index is -3.39. The molecule has 0 saturated carbocycles. The molecule has 2 aromatic carbocycles. The molecule has 38 heavy (non-hydrogen) atoms. The first kappa shape index (κ1) is 27.7. The average molecular weight is 591 g/mol. The molecule has 0 unspecified atom stereocenters. The first-order valence-electron chi connectivity index (χ1n) is 11.0. The molecule has 0 fully saturated rings. The Bertz CT molecular complexity index is 1610. The molecule has 4 rings (SSSR count). The molecular formula is C26H22O8S4. The van der Waals surface area contributed by atoms with E-state index in [1.165, 1.54) is 46.9 Å². The van der Waals surface area contributed by atoms with Gasteiger partial charge < -0.3 is 10.2 Å². The molecule has 0 aliphatic rings. The van der Waals surface area contributed by atoms with Gasteiger partial charge in [-0.1, -0.05) is 24.3 Å². The summed E-state index contributed by atoms with van der Waals surface area (Å²) in [6, 6.07) is 16.0. The molecule has 198 valence electrons. The molecule has 0 spiro atoms. The van der Waals surface area contributed by atoms with E-state index in [-0.39, 0.29) is 22.6 Å². The van der Waals surface area contributed by atoms with E-state index in [9.17, 15) is 36.6 Å². The maximum atomic E-state index is 11.8. The van der Waals surface area contributed by atoms with Crippen molar-refractivity contribution >= 4 is 54.3 Å². The third-order valence-corrected chi connectivity index (χ3v) is 10.5. The molecule has 0 aliphatic carbocycles. The van der Waals surface area contributed by atoms with Gasteiger partial charge in [0.1, 0.15) is 0 Å². The van der Waals surface area contributed by atoms with Crippen LogP contribution in [0, 0.1) is 0 Å². The lowest BCUT2D eigenvalue weighted by Crippen LogP contribution is -2.00. The third-order valence-electron chi connectivity index (χ3n) is 5.63. The summed E-state index contributed by atoms with van der Waals surface area (Å²) >= 11 is 2.67. The maximum Gasteiger partial charge on any atom is 0.307 e. The largest absolute Gasteiger partial charge is 0.481 e. The number of carbonyl (C=O) groups is 2. The van der Waals surface area contributed by atoms with Gasteiger partial charge in [0.25, 0.3) is 0 Å². The third kappa shape index (κ3) is 6.21. The summed E-state index contributed by atoms with van der Waals surface area (Å²) in [6.45, 7) is 0. The van der Waals surface area contributed by atoms with Gasteiger partial charge in [0.15, 0.2) is 19.7 Å². The van der Waals surface area contributed by atoms with Gasteiger partial charge in [-0.15, -0.1) is 22.7 Å². The number of sulfone groups is 2. The van der Waals surface area contributed by atoms with Gasteiger partial charge in [0.05, 0.1) is 22.6 Å². The first-order valence-corrected chi connectivity index (χ1v) is 16.4. The van der Waals surface area contributed by atoms with E-state index in [0.29, 0.717) is 32.0 Å². The van der Waals surface area contributed by atoms with Crippen LogP contribution in [0.1, 0.15) is 11.1 Å². The second-order valence-electron chi connectivity index (χ2n) is 8.66. The highest BCUT2D eigenvalue weighted by atomic mass is 32.2. The van der Waals surface area contributed by atoms with E-state index in [2.05, 4.69) is 0 Å². The van der Waals surface area contributed by atoms with Crippen molar-refractivity contribution in [3.63, 3.8) is 0 Å². The number of carboxylic acids is 2. The molecular weight excluding hydrogens is 569 g/mol. The molecule has 0 amide bonds. The molecule has 0 bridgehead atoms. The summed E-state index contributed by atoms with van der Waals surface area (Å²) in [6.07, 6.45) is 1.73. The number of hydrogen-bond donors (Lipinski definition) is 2. The summed E-state index contributed by atoms with van der Waals surface area (Å²) < 4.78 is 47.3. The summed E-state index contributed by atoms with van der Waals surface area (Å²) in [5, 5.41) is 18.9. The Morgan fingerprint density at radius 3 is 1.21 bits per heavy atom. The molecule has 8 nitrogen and oxygen atoms in total. The highest BCUT2D eigenvalue weighted by molar-refractivity contribution is 7.91. The monoisotopic (exact) mass is 590 g/mol. The summed E-state index contributed by atoms with van der Waals surface area (Å²) in [5.74, 6) is -2.04. The van der Waals surface area contributed by atoms with E-state index in [0.717, 1.165) is 22.3 Å². The molecule has 12 heteroatoms. The normalized spacial score (nSPS) is 11.9. The Morgan fingerprint density at radius 1 is 0.632 bits per heavy atom. The number of hydrogen-bond acceptors (Lipinski definition) is 8. The Hall–Kier alpha value is -3.32. The molecule has 2 N–H and O–H groups in total. The number of thiophene rings is 2. The molecule has 0 radical (unpaired) electrons. The van der Waals surface area contributed by atoms with Crippen molar-refractivity contribution < 1.29 is 36.6 Å². The zero-order valence-corrected chi connectivity index (χ0v) is 23.4. The van der Waals surface area contributed by atoms with E-state index in [1.54, 1.807) is 36.4 Å². The Morgan fingerprint density at radius 2 is 0.947 bits per heavy atom. The van der Waals surface area contributed by atoms with Crippen molar-refractivity contribution in [3.05, 3.63) is 71.8 Å². The number of aliphatic carboxylic acids is 2. The van der Waals surface area contributed by atoms with Gasteiger partial charge in [-0.25, -0.2) is 16.8 Å². The minimum Gasteiger partial charge on any atom is -0.481 e. The maximum absolute atomic E-state index is 11.8. The summed E-state index contributed by atoms with van der Waals surface area (Å²) in [5.41, 5.74) is 2.45. The van der Waals surface area contributed by atoms with Crippen LogP contribution in [0.5, 0.6) is 0 Å². The van der Waals surface area contributed by atoms with Crippen molar-refractivity contribution in [3.8, 4) is 30.6 Å². The predicted octanol–water partition coefficient (Wildman–Crippen LogP) is 4.87. The van der Waals surface area contributed by atoms with Crippen LogP contribution in [-0.2, 0) is 42.1 Å². The SMILES string of the molecule is CS(=O)(=O)c1ccc(-c2sc(-c3cc(CC(=O)O)c(-c4ccc(S(C)(=O)=O)cc4)s3)cc2CC(=O)O)cc1. The van der Waals surface area contributed by atoms with Gasteiger partial charge in [-0.2, -0.15) is 0 Å². The molecule has 2 heterocycles. The first-order chi connectivity index (χ1) is 17.7. The fourth-order valence-corrected chi connectivity index (χ4v) is 7.59. The van der Waals surface area contributed by atoms with Crippen LogP contribution in [0.4, 0.5) is 0 Å². The standard InChI is InChI=1S/C26H22O8S4/c1-37(31,32)19-7-3-15(4-8-19)25-17(13-23(27)28)11-21(35-25)22-12-18(14-24(29)30)26(36-22)16-5-9-20(10-6-16)38(2,33)34/h3-12H,13-14H2,1-2H3,(H,27,28)(H,29,30). The van der Waals surface area contributed by atoms with Gasteiger partial charge in [-0.3, -0.25) is 9.59 Å². The molecule has 4 aromatic rings. The Kier molecular flexibility index (Phi) is 7.62. The topological polar surface area (TPSA) is 143 Å². The van der Waals surface area contributed by atoms with E-state index < -0.39 is 31.6 Å². The number of benzene rings is 2. The van der Waals surface area contributed by atoms with Gasteiger partial charge >= 0.3 is 11.9 Å². The number of rotatable bonds is 9. The Labute approximate surface area is 227 Å². The van der Waals surface area contributed by atoms with Gasteiger partial charge in [-0.05, 0) is 58.7 Å². The quantitative estimate of drug-likeness (QED) is 0.281. The van der Waals surface area contributed by atoms with Crippen molar-refractivity contribution in [1.29, 1.82) is 0 Å². The highest BCUT2D eigenvalue weighted by Crippen LogP contribution is 2.45. The van der Waals surface area contributed by atoms with Crippen molar-refractivity contribution in [2.75, 3.05) is 12.5 Å². The average Bonchev–Trinajstić information content (AvgIpc) is 3.41. The second-order valence-corrected chi connectivity index (χ2v) is 14.8. The highest BCUT2D eigenvalue weighted by Gasteiger charge is 2.20. The van der Waals surface area contributed by atoms with Gasteiger partial charge in [0.2, 0.25) is 0 Å². The van der Waals surface area contributed by atoms with Crippen LogP contribution >= 0.6 is 22.7 Å². The lowest BCUT2D eigenvalue weighted by atomic mass is 10.1. The zero-order chi connectivity index (χ0) is 27.8. The van der Waals surface area contributed by atoms with Crippen molar-refractivity contribution in [2.45, 2.75) is 22.6 Å². The number of carboxylic acid groups (broad SMARTS) is 2. The fraction of sp³-hybridized carbons (Fsp3) is 0.154. The zero-order valence-electron chi connectivity index (χ0n) is 20.2. The van der Waals surface area contributed by atoms with E-state index >= 15 is 0 Å². The molecule has 2 aromatic heterocycles. The second kappa shape index (κ2) is 10.4. The fourth-order valence-electron chi connectivity index (χ4n) is 3.88.